The highest BCUT2D eigenvalue weighted by Gasteiger charge is 2.34. The zero-order valence-corrected chi connectivity index (χ0v) is 10.1. The van der Waals surface area contributed by atoms with Crippen LogP contribution in [-0.2, 0) is 4.79 Å². The third-order valence-electron chi connectivity index (χ3n) is 2.91. The molecular formula is C10H20OSi. The van der Waals surface area contributed by atoms with Gasteiger partial charge in [-0.1, -0.05) is 33.9 Å². The fourth-order valence-corrected chi connectivity index (χ4v) is 2.89. The van der Waals surface area contributed by atoms with Gasteiger partial charge in [0.25, 0.3) is 0 Å². The maximum absolute atomic E-state index is 10.4. The molecule has 12 heavy (non-hydrogen) atoms. The Hall–Kier alpha value is -0.333. The normalized spacial score (nSPS) is 12.5. The van der Waals surface area contributed by atoms with E-state index in [-0.39, 0.29) is 0 Å². The first kappa shape index (κ1) is 11.7. The van der Waals surface area contributed by atoms with Crippen LogP contribution in [0.3, 0.4) is 0 Å². The molecule has 0 heterocycles. The molecule has 0 unspecified atom stereocenters. The molecule has 0 fully saturated rings. The van der Waals surface area contributed by atoms with Crippen molar-refractivity contribution in [3.63, 3.8) is 0 Å². The van der Waals surface area contributed by atoms with E-state index >= 15 is 0 Å². The Bertz CT molecular complexity index is 204. The summed E-state index contributed by atoms with van der Waals surface area (Å²) in [5.41, 5.74) is 0.876. The van der Waals surface area contributed by atoms with E-state index in [0.29, 0.717) is 5.04 Å². The fourth-order valence-electron chi connectivity index (χ4n) is 0.964. The molecule has 0 saturated heterocycles. The quantitative estimate of drug-likeness (QED) is 0.475. The van der Waals surface area contributed by atoms with Gasteiger partial charge in [-0.15, -0.1) is 0 Å². The molecule has 0 aromatic rings. The number of hydrogen-bond acceptors (Lipinski definition) is 1. The number of carbonyl (C=O) groups excluding carboxylic acids is 1. The van der Waals surface area contributed by atoms with Crippen LogP contribution in [0.15, 0.2) is 5.57 Å². The molecule has 0 N–H and O–H groups in total. The van der Waals surface area contributed by atoms with Gasteiger partial charge in [0, 0.05) is 5.57 Å². The molecule has 0 aromatic carbocycles. The molecule has 70 valence electrons. The summed E-state index contributed by atoms with van der Waals surface area (Å²) in [6.07, 6.45) is 0. The third kappa shape index (κ3) is 2.96. The number of allylic oxidation sites excluding steroid dienone is 1. The van der Waals surface area contributed by atoms with Crippen molar-refractivity contribution in [3.05, 3.63) is 5.57 Å². The van der Waals surface area contributed by atoms with E-state index in [1.807, 2.05) is 12.9 Å². The van der Waals surface area contributed by atoms with Crippen molar-refractivity contribution in [2.45, 2.75) is 51.9 Å². The summed E-state index contributed by atoms with van der Waals surface area (Å²) < 4.78 is 0. The second-order valence-electron chi connectivity index (χ2n) is 5.19. The standard InChI is InChI=1S/C10H20OSi/c1-9(7-11)8-12(5,6)10(2,3)4/h8H2,1-6H3. The van der Waals surface area contributed by atoms with Crippen LogP contribution >= 0.6 is 0 Å². The Morgan fingerprint density at radius 3 is 2.00 bits per heavy atom. The van der Waals surface area contributed by atoms with Crippen LogP contribution in [0.4, 0.5) is 0 Å². The minimum Gasteiger partial charge on any atom is -0.234 e. The van der Waals surface area contributed by atoms with E-state index in [1.165, 1.54) is 0 Å². The van der Waals surface area contributed by atoms with Crippen LogP contribution in [0.5, 0.6) is 0 Å². The number of rotatable bonds is 2. The predicted octanol–water partition coefficient (Wildman–Crippen LogP) is 3.27. The smallest absolute Gasteiger partial charge is 0.122 e. The lowest BCUT2D eigenvalue weighted by Crippen LogP contribution is -2.37. The minimum atomic E-state index is -1.29. The van der Waals surface area contributed by atoms with Crippen LogP contribution in [0.2, 0.25) is 24.2 Å². The molecule has 0 aromatic heterocycles. The maximum Gasteiger partial charge on any atom is 0.122 e. The molecule has 0 aliphatic heterocycles. The molecule has 1 nitrogen and oxygen atoms in total. The Morgan fingerprint density at radius 1 is 1.33 bits per heavy atom. The van der Waals surface area contributed by atoms with Gasteiger partial charge in [-0.05, 0) is 18.0 Å². The van der Waals surface area contributed by atoms with Gasteiger partial charge in [-0.3, -0.25) is 0 Å². The molecule has 0 aliphatic carbocycles. The van der Waals surface area contributed by atoms with Crippen molar-refractivity contribution in [2.24, 2.45) is 0 Å². The van der Waals surface area contributed by atoms with E-state index in [1.54, 1.807) is 0 Å². The van der Waals surface area contributed by atoms with Crippen molar-refractivity contribution in [2.75, 3.05) is 0 Å². The van der Waals surface area contributed by atoms with Crippen molar-refractivity contribution in [1.29, 1.82) is 0 Å². The summed E-state index contributed by atoms with van der Waals surface area (Å²) in [6, 6.07) is 0.972. The monoisotopic (exact) mass is 184 g/mol. The van der Waals surface area contributed by atoms with Crippen LogP contribution in [0.25, 0.3) is 0 Å². The lowest BCUT2D eigenvalue weighted by Gasteiger charge is -2.36. The molecule has 0 saturated carbocycles. The Morgan fingerprint density at radius 2 is 1.75 bits per heavy atom. The van der Waals surface area contributed by atoms with Crippen molar-refractivity contribution < 1.29 is 4.79 Å². The molecule has 0 aliphatic rings. The summed E-state index contributed by atoms with van der Waals surface area (Å²) in [4.78, 5) is 10.4. The average Bonchev–Trinajstić information content (AvgIpc) is 1.84. The van der Waals surface area contributed by atoms with Gasteiger partial charge in [0.1, 0.15) is 5.94 Å². The van der Waals surface area contributed by atoms with Crippen molar-refractivity contribution in [1.82, 2.24) is 0 Å². The largest absolute Gasteiger partial charge is 0.234 e. The summed E-state index contributed by atoms with van der Waals surface area (Å²) in [7, 11) is -1.29. The highest BCUT2D eigenvalue weighted by molar-refractivity contribution is 6.80. The molecule has 0 spiro atoms. The lowest BCUT2D eigenvalue weighted by atomic mass is 10.2. The summed E-state index contributed by atoms with van der Waals surface area (Å²) in [6.45, 7) is 13.3. The van der Waals surface area contributed by atoms with Gasteiger partial charge >= 0.3 is 0 Å². The zero-order chi connectivity index (χ0) is 9.99. The van der Waals surface area contributed by atoms with Crippen LogP contribution in [0.1, 0.15) is 27.7 Å². The van der Waals surface area contributed by atoms with Crippen LogP contribution in [0, 0.1) is 0 Å². The molecule has 0 bridgehead atoms. The Labute approximate surface area is 76.9 Å². The minimum absolute atomic E-state index is 0.366. The first-order valence-electron chi connectivity index (χ1n) is 4.41. The Kier molecular flexibility index (Phi) is 3.49. The van der Waals surface area contributed by atoms with Crippen LogP contribution in [-0.4, -0.2) is 14.0 Å². The lowest BCUT2D eigenvalue weighted by molar-refractivity contribution is 0.567. The first-order chi connectivity index (χ1) is 5.20. The molecule has 2 heteroatoms. The molecule has 0 radical (unpaired) electrons. The van der Waals surface area contributed by atoms with Crippen molar-refractivity contribution >= 4 is 14.0 Å². The molecule has 0 rings (SSSR count). The van der Waals surface area contributed by atoms with Gasteiger partial charge in [-0.2, -0.15) is 0 Å². The SMILES string of the molecule is CC(=C=O)C[Si](C)(C)C(C)(C)C. The van der Waals surface area contributed by atoms with E-state index in [9.17, 15) is 4.79 Å². The fraction of sp³-hybridized carbons (Fsp3) is 0.800. The van der Waals surface area contributed by atoms with E-state index in [0.717, 1.165) is 11.6 Å². The summed E-state index contributed by atoms with van der Waals surface area (Å²) >= 11 is 0. The molecule has 0 amide bonds. The summed E-state index contributed by atoms with van der Waals surface area (Å²) in [5.74, 6) is 1.99. The van der Waals surface area contributed by atoms with Gasteiger partial charge in [-0.25, -0.2) is 4.79 Å². The van der Waals surface area contributed by atoms with Gasteiger partial charge in [0.05, 0.1) is 8.07 Å². The third-order valence-corrected chi connectivity index (χ3v) is 8.39. The first-order valence-corrected chi connectivity index (χ1v) is 7.62. The van der Waals surface area contributed by atoms with E-state index < -0.39 is 8.07 Å². The van der Waals surface area contributed by atoms with Crippen molar-refractivity contribution in [3.8, 4) is 0 Å². The topological polar surface area (TPSA) is 17.1 Å². The van der Waals surface area contributed by atoms with E-state index in [2.05, 4.69) is 33.9 Å². The Balaban J connectivity index is 4.54. The zero-order valence-electron chi connectivity index (χ0n) is 9.12. The van der Waals surface area contributed by atoms with E-state index in [4.69, 9.17) is 0 Å². The van der Waals surface area contributed by atoms with Gasteiger partial charge in [0.15, 0.2) is 0 Å². The molecular weight excluding hydrogens is 164 g/mol. The van der Waals surface area contributed by atoms with Gasteiger partial charge < -0.3 is 0 Å². The number of hydrogen-bond donors (Lipinski definition) is 0. The predicted molar refractivity (Wildman–Crippen MR) is 56.9 cm³/mol. The highest BCUT2D eigenvalue weighted by Crippen LogP contribution is 2.39. The average molecular weight is 184 g/mol. The molecule has 0 atom stereocenters. The second kappa shape index (κ2) is 3.59. The second-order valence-corrected chi connectivity index (χ2v) is 10.8. The summed E-state index contributed by atoms with van der Waals surface area (Å²) in [5, 5.41) is 0.366. The van der Waals surface area contributed by atoms with Gasteiger partial charge in [0.2, 0.25) is 0 Å². The maximum atomic E-state index is 10.4. The van der Waals surface area contributed by atoms with Crippen LogP contribution < -0.4 is 0 Å². The highest BCUT2D eigenvalue weighted by atomic mass is 28.3.